The summed E-state index contributed by atoms with van der Waals surface area (Å²) in [6.45, 7) is 2.76. The largest absolute Gasteiger partial charge is 0.454 e. The summed E-state index contributed by atoms with van der Waals surface area (Å²) in [7, 11) is 0. The van der Waals surface area contributed by atoms with Crippen LogP contribution in [0.1, 0.15) is 25.3 Å². The minimum Gasteiger partial charge on any atom is -0.454 e. The van der Waals surface area contributed by atoms with E-state index >= 15 is 0 Å². The van der Waals surface area contributed by atoms with Crippen LogP contribution in [-0.4, -0.2) is 12.1 Å². The van der Waals surface area contributed by atoms with E-state index in [2.05, 4.69) is 35.0 Å². The van der Waals surface area contributed by atoms with E-state index in [0.717, 1.165) is 29.2 Å². The molecule has 1 aromatic rings. The van der Waals surface area contributed by atoms with Gasteiger partial charge in [0.05, 0.1) is 0 Å². The molecule has 0 aromatic heterocycles. The Labute approximate surface area is 110 Å². The van der Waals surface area contributed by atoms with Crippen molar-refractivity contribution >= 4 is 15.9 Å². The van der Waals surface area contributed by atoms with Crippen LogP contribution in [0.15, 0.2) is 18.2 Å². The fraction of sp³-hybridized carbons (Fsp3) is 0.571. The third kappa shape index (κ3) is 2.17. The standard InChI is InChI=1S/C14H17BrO2/c1-14(7-11(14)8-15)5-4-10-2-3-12-13(6-10)17-9-16-12/h2-3,6,11H,4-5,7-9H2,1H3. The number of fused-ring (bicyclic) bond motifs is 1. The predicted octanol–water partition coefficient (Wildman–Crippen LogP) is 3.77. The van der Waals surface area contributed by atoms with Crippen molar-refractivity contribution in [2.45, 2.75) is 26.2 Å². The Balaban J connectivity index is 1.63. The number of ether oxygens (including phenoxy) is 2. The number of halogens is 1. The molecule has 1 aliphatic carbocycles. The molecule has 0 radical (unpaired) electrons. The van der Waals surface area contributed by atoms with Gasteiger partial charge in [0.1, 0.15) is 0 Å². The van der Waals surface area contributed by atoms with Crippen LogP contribution >= 0.6 is 15.9 Å². The molecule has 2 atom stereocenters. The Morgan fingerprint density at radius 2 is 2.18 bits per heavy atom. The van der Waals surface area contributed by atoms with Gasteiger partial charge < -0.3 is 9.47 Å². The summed E-state index contributed by atoms with van der Waals surface area (Å²) in [5, 5.41) is 1.14. The number of benzene rings is 1. The summed E-state index contributed by atoms with van der Waals surface area (Å²) in [4.78, 5) is 0. The van der Waals surface area contributed by atoms with E-state index < -0.39 is 0 Å². The van der Waals surface area contributed by atoms with Crippen LogP contribution < -0.4 is 9.47 Å². The van der Waals surface area contributed by atoms with E-state index in [-0.39, 0.29) is 0 Å². The fourth-order valence-corrected chi connectivity index (χ4v) is 3.59. The van der Waals surface area contributed by atoms with Crippen molar-refractivity contribution in [1.29, 1.82) is 0 Å². The zero-order valence-corrected chi connectivity index (χ0v) is 11.6. The van der Waals surface area contributed by atoms with Crippen LogP contribution in [0.2, 0.25) is 0 Å². The van der Waals surface area contributed by atoms with Crippen molar-refractivity contribution in [3.05, 3.63) is 23.8 Å². The van der Waals surface area contributed by atoms with E-state index in [4.69, 9.17) is 9.47 Å². The second-order valence-corrected chi connectivity index (χ2v) is 6.04. The molecule has 0 saturated heterocycles. The Bertz CT molecular complexity index is 432. The summed E-state index contributed by atoms with van der Waals surface area (Å²) < 4.78 is 10.7. The van der Waals surface area contributed by atoms with Gasteiger partial charge in [-0.3, -0.25) is 0 Å². The van der Waals surface area contributed by atoms with Gasteiger partial charge in [0, 0.05) is 5.33 Å². The summed E-state index contributed by atoms with van der Waals surface area (Å²) in [6, 6.07) is 6.30. The zero-order valence-electron chi connectivity index (χ0n) is 10.0. The number of aryl methyl sites for hydroxylation is 1. The van der Waals surface area contributed by atoms with E-state index in [9.17, 15) is 0 Å². The molecule has 92 valence electrons. The maximum Gasteiger partial charge on any atom is 0.231 e. The summed E-state index contributed by atoms with van der Waals surface area (Å²) in [6.07, 6.45) is 3.77. The van der Waals surface area contributed by atoms with E-state index in [1.807, 2.05) is 6.07 Å². The molecule has 1 aliphatic heterocycles. The maximum absolute atomic E-state index is 5.40. The van der Waals surface area contributed by atoms with Gasteiger partial charge in [0.25, 0.3) is 0 Å². The third-order valence-corrected chi connectivity index (χ3v) is 4.93. The fourth-order valence-electron chi connectivity index (χ4n) is 2.58. The number of rotatable bonds is 4. The molecule has 2 unspecified atom stereocenters. The molecule has 0 N–H and O–H groups in total. The Morgan fingerprint density at radius 1 is 1.35 bits per heavy atom. The number of alkyl halides is 1. The van der Waals surface area contributed by atoms with Gasteiger partial charge in [-0.2, -0.15) is 0 Å². The molecule has 0 bridgehead atoms. The lowest BCUT2D eigenvalue weighted by molar-refractivity contribution is 0.174. The van der Waals surface area contributed by atoms with Gasteiger partial charge in [-0.05, 0) is 48.3 Å². The van der Waals surface area contributed by atoms with Gasteiger partial charge in [0.2, 0.25) is 6.79 Å². The number of hydrogen-bond donors (Lipinski definition) is 0. The maximum atomic E-state index is 5.40. The first kappa shape index (κ1) is 11.4. The van der Waals surface area contributed by atoms with Crippen molar-refractivity contribution in [1.82, 2.24) is 0 Å². The normalized spacial score (nSPS) is 29.4. The topological polar surface area (TPSA) is 18.5 Å². The van der Waals surface area contributed by atoms with Crippen LogP contribution in [-0.2, 0) is 6.42 Å². The smallest absolute Gasteiger partial charge is 0.231 e. The first-order chi connectivity index (χ1) is 8.21. The van der Waals surface area contributed by atoms with Gasteiger partial charge in [-0.25, -0.2) is 0 Å². The molecule has 1 saturated carbocycles. The molecule has 3 rings (SSSR count). The molecular formula is C14H17BrO2. The molecule has 0 spiro atoms. The minimum absolute atomic E-state index is 0.363. The van der Waals surface area contributed by atoms with Crippen molar-refractivity contribution in [3.8, 4) is 11.5 Å². The molecule has 0 amide bonds. The van der Waals surface area contributed by atoms with Crippen molar-refractivity contribution < 1.29 is 9.47 Å². The van der Waals surface area contributed by atoms with Crippen molar-refractivity contribution in [2.75, 3.05) is 12.1 Å². The quantitative estimate of drug-likeness (QED) is 0.788. The molecule has 2 aliphatic rings. The SMILES string of the molecule is CC1(CCc2ccc3c(c2)OCO3)CC1CBr. The highest BCUT2D eigenvalue weighted by Crippen LogP contribution is 2.56. The van der Waals surface area contributed by atoms with Crippen molar-refractivity contribution in [3.63, 3.8) is 0 Å². The Morgan fingerprint density at radius 3 is 2.94 bits per heavy atom. The van der Waals surface area contributed by atoms with Crippen molar-refractivity contribution in [2.24, 2.45) is 11.3 Å². The Hall–Kier alpha value is -0.700. The number of hydrogen-bond acceptors (Lipinski definition) is 2. The summed E-state index contributed by atoms with van der Waals surface area (Å²) in [5.74, 6) is 2.65. The second kappa shape index (κ2) is 4.20. The van der Waals surface area contributed by atoms with Gasteiger partial charge in [-0.15, -0.1) is 0 Å². The van der Waals surface area contributed by atoms with Crippen LogP contribution in [0.5, 0.6) is 11.5 Å². The average molecular weight is 297 g/mol. The first-order valence-electron chi connectivity index (χ1n) is 6.16. The lowest BCUT2D eigenvalue weighted by atomic mass is 9.96. The highest BCUT2D eigenvalue weighted by molar-refractivity contribution is 9.09. The third-order valence-electron chi connectivity index (χ3n) is 4.15. The van der Waals surface area contributed by atoms with Gasteiger partial charge in [-0.1, -0.05) is 28.9 Å². The minimum atomic E-state index is 0.363. The van der Waals surface area contributed by atoms with Gasteiger partial charge >= 0.3 is 0 Å². The van der Waals surface area contributed by atoms with Crippen LogP contribution in [0.4, 0.5) is 0 Å². The van der Waals surface area contributed by atoms with E-state index in [0.29, 0.717) is 12.2 Å². The highest BCUT2D eigenvalue weighted by Gasteiger charge is 2.48. The molecule has 17 heavy (non-hydrogen) atoms. The van der Waals surface area contributed by atoms with E-state index in [1.54, 1.807) is 0 Å². The van der Waals surface area contributed by atoms with Crippen LogP contribution in [0.25, 0.3) is 0 Å². The molecular weight excluding hydrogens is 280 g/mol. The van der Waals surface area contributed by atoms with Crippen LogP contribution in [0, 0.1) is 11.3 Å². The zero-order chi connectivity index (χ0) is 11.9. The highest BCUT2D eigenvalue weighted by atomic mass is 79.9. The average Bonchev–Trinajstić information content (AvgIpc) is 2.79. The van der Waals surface area contributed by atoms with E-state index in [1.165, 1.54) is 18.4 Å². The lowest BCUT2D eigenvalue weighted by Crippen LogP contribution is -2.01. The van der Waals surface area contributed by atoms with Crippen LogP contribution in [0.3, 0.4) is 0 Å². The predicted molar refractivity (Wildman–Crippen MR) is 70.9 cm³/mol. The van der Waals surface area contributed by atoms with Gasteiger partial charge in [0.15, 0.2) is 11.5 Å². The summed E-state index contributed by atoms with van der Waals surface area (Å²) >= 11 is 3.58. The Kier molecular flexibility index (Phi) is 2.81. The second-order valence-electron chi connectivity index (χ2n) is 5.40. The molecule has 1 aromatic carbocycles. The first-order valence-corrected chi connectivity index (χ1v) is 7.28. The molecule has 2 nitrogen and oxygen atoms in total. The monoisotopic (exact) mass is 296 g/mol. The summed E-state index contributed by atoms with van der Waals surface area (Å²) in [5.41, 5.74) is 1.91. The lowest BCUT2D eigenvalue weighted by Gasteiger charge is -2.10. The molecule has 3 heteroatoms. The molecule has 1 fully saturated rings. The molecule has 1 heterocycles.